The van der Waals surface area contributed by atoms with Gasteiger partial charge in [0, 0.05) is 19.6 Å². The normalized spacial score (nSPS) is 16.5. The maximum absolute atomic E-state index is 13.1. The van der Waals surface area contributed by atoms with Crippen molar-refractivity contribution in [1.29, 1.82) is 0 Å². The number of hydrogen-bond acceptors (Lipinski definition) is 5. The van der Waals surface area contributed by atoms with Crippen molar-refractivity contribution in [2.24, 2.45) is 0 Å². The molecular formula is C20H31N3O5S. The summed E-state index contributed by atoms with van der Waals surface area (Å²) in [5, 5.41) is 5.32. The Morgan fingerprint density at radius 1 is 1.17 bits per heavy atom. The minimum atomic E-state index is -3.70. The van der Waals surface area contributed by atoms with Gasteiger partial charge in [-0.05, 0) is 44.4 Å². The number of sulfonamides is 1. The molecule has 0 radical (unpaired) electrons. The van der Waals surface area contributed by atoms with E-state index in [1.807, 2.05) is 6.92 Å². The van der Waals surface area contributed by atoms with Crippen LogP contribution in [0, 0.1) is 0 Å². The van der Waals surface area contributed by atoms with Crippen LogP contribution in [0.15, 0.2) is 23.1 Å². The van der Waals surface area contributed by atoms with Crippen LogP contribution < -0.4 is 15.4 Å². The minimum Gasteiger partial charge on any atom is -0.496 e. The number of hydrogen-bond donors (Lipinski definition) is 2. The Morgan fingerprint density at radius 2 is 1.83 bits per heavy atom. The van der Waals surface area contributed by atoms with E-state index in [0.29, 0.717) is 19.6 Å². The average Bonchev–Trinajstić information content (AvgIpc) is 3.01. The fraction of sp³-hybridized carbons (Fsp3) is 0.600. The second-order valence-electron chi connectivity index (χ2n) is 7.17. The van der Waals surface area contributed by atoms with E-state index >= 15 is 0 Å². The number of nitrogens with zero attached hydrogens (tertiary/aromatic N) is 1. The zero-order valence-electron chi connectivity index (χ0n) is 17.4. The first-order valence-electron chi connectivity index (χ1n) is 10.1. The Balaban J connectivity index is 2.25. The van der Waals surface area contributed by atoms with E-state index in [0.717, 1.165) is 32.1 Å². The highest BCUT2D eigenvalue weighted by molar-refractivity contribution is 7.89. The Morgan fingerprint density at radius 3 is 2.41 bits per heavy atom. The Hall–Kier alpha value is -2.13. The van der Waals surface area contributed by atoms with Gasteiger partial charge in [-0.15, -0.1) is 0 Å². The lowest BCUT2D eigenvalue weighted by Crippen LogP contribution is -2.45. The van der Waals surface area contributed by atoms with E-state index in [9.17, 15) is 18.0 Å². The molecule has 1 heterocycles. The van der Waals surface area contributed by atoms with Crippen LogP contribution in [0.4, 0.5) is 0 Å². The second kappa shape index (κ2) is 10.6. The lowest BCUT2D eigenvalue weighted by atomic mass is 10.1. The fourth-order valence-corrected chi connectivity index (χ4v) is 4.74. The largest absolute Gasteiger partial charge is 0.496 e. The number of amides is 2. The van der Waals surface area contributed by atoms with Gasteiger partial charge in [0.1, 0.15) is 11.8 Å². The van der Waals surface area contributed by atoms with E-state index in [1.165, 1.54) is 29.6 Å². The third-order valence-corrected chi connectivity index (χ3v) is 6.80. The van der Waals surface area contributed by atoms with Gasteiger partial charge in [-0.25, -0.2) is 8.42 Å². The van der Waals surface area contributed by atoms with Gasteiger partial charge >= 0.3 is 0 Å². The first-order chi connectivity index (χ1) is 13.8. The Kier molecular flexibility index (Phi) is 8.45. The van der Waals surface area contributed by atoms with Gasteiger partial charge in [-0.3, -0.25) is 9.59 Å². The van der Waals surface area contributed by atoms with Gasteiger partial charge in [-0.2, -0.15) is 4.31 Å². The van der Waals surface area contributed by atoms with E-state index in [1.54, 1.807) is 6.92 Å². The maximum Gasteiger partial charge on any atom is 0.255 e. The summed E-state index contributed by atoms with van der Waals surface area (Å²) in [6.07, 6.45) is 4.47. The summed E-state index contributed by atoms with van der Waals surface area (Å²) in [7, 11) is -2.30. The summed E-state index contributed by atoms with van der Waals surface area (Å²) in [6.45, 7) is 4.98. The molecule has 2 amide bonds. The van der Waals surface area contributed by atoms with Gasteiger partial charge < -0.3 is 15.4 Å². The molecule has 9 heteroatoms. The third kappa shape index (κ3) is 5.93. The average molecular weight is 426 g/mol. The molecule has 0 unspecified atom stereocenters. The van der Waals surface area contributed by atoms with Gasteiger partial charge in [0.05, 0.1) is 17.6 Å². The first-order valence-corrected chi connectivity index (χ1v) is 11.5. The number of ether oxygens (including phenoxy) is 1. The summed E-state index contributed by atoms with van der Waals surface area (Å²) in [4.78, 5) is 24.8. The van der Waals surface area contributed by atoms with Crippen molar-refractivity contribution in [1.82, 2.24) is 14.9 Å². The van der Waals surface area contributed by atoms with E-state index in [-0.39, 0.29) is 22.1 Å². The number of benzene rings is 1. The van der Waals surface area contributed by atoms with Crippen molar-refractivity contribution in [2.75, 3.05) is 26.7 Å². The molecule has 2 rings (SSSR count). The molecule has 2 N–H and O–H groups in total. The highest BCUT2D eigenvalue weighted by Gasteiger charge is 2.27. The standard InChI is InChI=1S/C20H31N3O5S/c1-4-11-21-19(24)15(2)22-20(25)17-14-16(9-10-18(17)28-3)29(26,27)23-12-7-5-6-8-13-23/h9-10,14-15H,4-8,11-13H2,1-3H3,(H,21,24)(H,22,25)/t15-/m0/s1. The smallest absolute Gasteiger partial charge is 0.255 e. The van der Waals surface area contributed by atoms with Crippen molar-refractivity contribution < 1.29 is 22.7 Å². The number of carbonyl (C=O) groups is 2. The molecular weight excluding hydrogens is 394 g/mol. The summed E-state index contributed by atoms with van der Waals surface area (Å²) in [5.74, 6) is -0.611. The molecule has 1 saturated heterocycles. The molecule has 1 aromatic carbocycles. The number of methoxy groups -OCH3 is 1. The first kappa shape index (κ1) is 23.2. The predicted octanol–water partition coefficient (Wildman–Crippen LogP) is 1.90. The zero-order valence-corrected chi connectivity index (χ0v) is 18.2. The highest BCUT2D eigenvalue weighted by atomic mass is 32.2. The quantitative estimate of drug-likeness (QED) is 0.662. The van der Waals surface area contributed by atoms with E-state index in [4.69, 9.17) is 4.74 Å². The molecule has 162 valence electrons. The number of rotatable bonds is 8. The van der Waals surface area contributed by atoms with Crippen LogP contribution in [0.5, 0.6) is 5.75 Å². The Bertz CT molecular complexity index is 817. The van der Waals surface area contributed by atoms with E-state index in [2.05, 4.69) is 10.6 Å². The molecule has 1 aromatic rings. The van der Waals surface area contributed by atoms with Gasteiger partial charge in [-0.1, -0.05) is 19.8 Å². The molecule has 1 aliphatic rings. The molecule has 0 bridgehead atoms. The summed E-state index contributed by atoms with van der Waals surface area (Å²) in [5.41, 5.74) is 0.0820. The SMILES string of the molecule is CCCNC(=O)[C@H](C)NC(=O)c1cc(S(=O)(=O)N2CCCCCC2)ccc1OC. The van der Waals surface area contributed by atoms with Crippen molar-refractivity contribution in [3.05, 3.63) is 23.8 Å². The Labute approximate surface area is 173 Å². The van der Waals surface area contributed by atoms with Crippen molar-refractivity contribution >= 4 is 21.8 Å². The molecule has 29 heavy (non-hydrogen) atoms. The molecule has 0 spiro atoms. The monoisotopic (exact) mass is 425 g/mol. The molecule has 0 aromatic heterocycles. The highest BCUT2D eigenvalue weighted by Crippen LogP contribution is 2.26. The number of nitrogens with one attached hydrogen (secondary N) is 2. The van der Waals surface area contributed by atoms with E-state index < -0.39 is 22.0 Å². The molecule has 1 fully saturated rings. The molecule has 0 aliphatic carbocycles. The lowest BCUT2D eigenvalue weighted by Gasteiger charge is -2.21. The van der Waals surface area contributed by atoms with Crippen molar-refractivity contribution in [2.45, 2.75) is 56.9 Å². The zero-order chi connectivity index (χ0) is 21.4. The van der Waals surface area contributed by atoms with Gasteiger partial charge in [0.15, 0.2) is 0 Å². The van der Waals surface area contributed by atoms with Gasteiger partial charge in [0.2, 0.25) is 15.9 Å². The van der Waals surface area contributed by atoms with Crippen LogP contribution in [0.1, 0.15) is 56.3 Å². The molecule has 8 nitrogen and oxygen atoms in total. The molecule has 1 atom stereocenters. The molecule has 1 aliphatic heterocycles. The minimum absolute atomic E-state index is 0.0495. The summed E-state index contributed by atoms with van der Waals surface area (Å²) < 4.78 is 32.8. The maximum atomic E-state index is 13.1. The van der Waals surface area contributed by atoms with Crippen LogP contribution in [0.25, 0.3) is 0 Å². The third-order valence-electron chi connectivity index (χ3n) is 4.91. The van der Waals surface area contributed by atoms with Crippen LogP contribution in [-0.2, 0) is 14.8 Å². The van der Waals surface area contributed by atoms with Crippen molar-refractivity contribution in [3.63, 3.8) is 0 Å². The fourth-order valence-electron chi connectivity index (χ4n) is 3.20. The topological polar surface area (TPSA) is 105 Å². The summed E-state index contributed by atoms with van der Waals surface area (Å²) in [6, 6.07) is 3.49. The summed E-state index contributed by atoms with van der Waals surface area (Å²) >= 11 is 0. The van der Waals surface area contributed by atoms with Gasteiger partial charge in [0.25, 0.3) is 5.91 Å². The number of carbonyl (C=O) groups excluding carboxylic acids is 2. The van der Waals surface area contributed by atoms with Crippen LogP contribution in [0.2, 0.25) is 0 Å². The van der Waals surface area contributed by atoms with Crippen LogP contribution in [-0.4, -0.2) is 57.3 Å². The predicted molar refractivity (Wildman–Crippen MR) is 110 cm³/mol. The molecule has 0 saturated carbocycles. The van der Waals surface area contributed by atoms with Crippen LogP contribution >= 0.6 is 0 Å². The van der Waals surface area contributed by atoms with Crippen molar-refractivity contribution in [3.8, 4) is 5.75 Å². The van der Waals surface area contributed by atoms with Crippen LogP contribution in [0.3, 0.4) is 0 Å². The lowest BCUT2D eigenvalue weighted by molar-refractivity contribution is -0.122. The second-order valence-corrected chi connectivity index (χ2v) is 9.10.